The van der Waals surface area contributed by atoms with Crippen molar-refractivity contribution in [3.63, 3.8) is 0 Å². The maximum absolute atomic E-state index is 10.5. The van der Waals surface area contributed by atoms with E-state index in [4.69, 9.17) is 4.74 Å². The van der Waals surface area contributed by atoms with Crippen molar-refractivity contribution in [2.45, 2.75) is 44.1 Å². The Kier molecular flexibility index (Phi) is 4.19. The van der Waals surface area contributed by atoms with Crippen LogP contribution in [0.1, 0.15) is 38.2 Å². The smallest absolute Gasteiger partial charge is 0.0638 e. The molecule has 1 aliphatic heterocycles. The van der Waals surface area contributed by atoms with E-state index in [1.807, 2.05) is 6.07 Å². The van der Waals surface area contributed by atoms with E-state index in [0.29, 0.717) is 0 Å². The Labute approximate surface area is 104 Å². The van der Waals surface area contributed by atoms with Gasteiger partial charge in [-0.15, -0.1) is 0 Å². The maximum Gasteiger partial charge on any atom is 0.0638 e. The van der Waals surface area contributed by atoms with Crippen LogP contribution in [0, 0.1) is 0 Å². The van der Waals surface area contributed by atoms with Crippen LogP contribution in [0.3, 0.4) is 0 Å². The molecule has 1 aliphatic rings. The van der Waals surface area contributed by atoms with Gasteiger partial charge in [-0.2, -0.15) is 0 Å². The highest BCUT2D eigenvalue weighted by molar-refractivity contribution is 5.27. The fourth-order valence-electron chi connectivity index (χ4n) is 2.87. The predicted octanol–water partition coefficient (Wildman–Crippen LogP) is 2.90. The first kappa shape index (κ1) is 12.6. The van der Waals surface area contributed by atoms with Gasteiger partial charge < -0.3 is 9.84 Å². The van der Waals surface area contributed by atoms with Crippen molar-refractivity contribution >= 4 is 0 Å². The molecule has 0 amide bonds. The summed E-state index contributed by atoms with van der Waals surface area (Å²) in [6.07, 6.45) is 3.50. The molecule has 0 spiro atoms. The van der Waals surface area contributed by atoms with Crippen molar-refractivity contribution in [1.29, 1.82) is 0 Å². The van der Waals surface area contributed by atoms with E-state index in [1.54, 1.807) is 0 Å². The second kappa shape index (κ2) is 5.65. The molecule has 1 aromatic carbocycles. The number of hydrogen-bond acceptors (Lipinski definition) is 2. The van der Waals surface area contributed by atoms with Crippen LogP contribution < -0.4 is 0 Å². The minimum absolute atomic E-state index is 0.0878. The molecule has 94 valence electrons. The molecule has 2 heteroatoms. The first-order chi connectivity index (χ1) is 8.29. The third-order valence-corrected chi connectivity index (χ3v) is 3.93. The predicted molar refractivity (Wildman–Crippen MR) is 69.1 cm³/mol. The van der Waals surface area contributed by atoms with E-state index in [0.717, 1.165) is 38.9 Å². The van der Waals surface area contributed by atoms with Crippen molar-refractivity contribution in [1.82, 2.24) is 0 Å². The summed E-state index contributed by atoms with van der Waals surface area (Å²) in [5, 5.41) is 10.5. The molecule has 1 heterocycles. The Morgan fingerprint density at radius 1 is 1.24 bits per heavy atom. The van der Waals surface area contributed by atoms with Gasteiger partial charge in [-0.1, -0.05) is 43.7 Å². The Bertz CT molecular complexity index is 328. The number of aliphatic hydroxyl groups is 1. The summed E-state index contributed by atoms with van der Waals surface area (Å²) in [5.41, 5.74) is 1.18. The largest absolute Gasteiger partial charge is 0.392 e. The second-order valence-electron chi connectivity index (χ2n) is 4.94. The average Bonchev–Trinajstić information content (AvgIpc) is 2.41. The van der Waals surface area contributed by atoms with E-state index in [2.05, 4.69) is 31.2 Å². The number of aliphatic hydroxyl groups excluding tert-OH is 1. The molecule has 1 atom stereocenters. The molecule has 1 fully saturated rings. The third kappa shape index (κ3) is 2.53. The van der Waals surface area contributed by atoms with Crippen LogP contribution in [-0.4, -0.2) is 24.4 Å². The molecule has 0 aliphatic carbocycles. The van der Waals surface area contributed by atoms with Crippen molar-refractivity contribution in [3.05, 3.63) is 35.9 Å². The number of ether oxygens (including phenoxy) is 1. The van der Waals surface area contributed by atoms with Crippen LogP contribution in [0.5, 0.6) is 0 Å². The molecule has 2 rings (SSSR count). The lowest BCUT2D eigenvalue weighted by Crippen LogP contribution is -2.44. The van der Waals surface area contributed by atoms with Crippen molar-refractivity contribution in [2.75, 3.05) is 13.2 Å². The normalized spacial score (nSPS) is 21.1. The van der Waals surface area contributed by atoms with Crippen LogP contribution in [-0.2, 0) is 10.2 Å². The Morgan fingerprint density at radius 3 is 2.47 bits per heavy atom. The lowest BCUT2D eigenvalue weighted by Gasteiger charge is -2.41. The maximum atomic E-state index is 10.5. The minimum Gasteiger partial charge on any atom is -0.392 e. The molecular weight excluding hydrogens is 212 g/mol. The van der Waals surface area contributed by atoms with Crippen molar-refractivity contribution < 1.29 is 9.84 Å². The molecular formula is C15H22O2. The van der Waals surface area contributed by atoms with Gasteiger partial charge in [0, 0.05) is 18.6 Å². The standard InChI is InChI=1S/C15H22O2/c1-2-6-14(16)15(9-11-17-12-10-15)13-7-4-3-5-8-13/h3-5,7-8,14,16H,2,6,9-12H2,1H3/t14-/m1/s1. The van der Waals surface area contributed by atoms with Gasteiger partial charge in [-0.25, -0.2) is 0 Å². The van der Waals surface area contributed by atoms with Gasteiger partial charge in [-0.3, -0.25) is 0 Å². The Morgan fingerprint density at radius 2 is 1.88 bits per heavy atom. The van der Waals surface area contributed by atoms with Gasteiger partial charge in [0.2, 0.25) is 0 Å². The van der Waals surface area contributed by atoms with Gasteiger partial charge in [-0.05, 0) is 24.8 Å². The highest BCUT2D eigenvalue weighted by Crippen LogP contribution is 2.39. The number of hydrogen-bond donors (Lipinski definition) is 1. The van der Waals surface area contributed by atoms with Crippen LogP contribution in [0.4, 0.5) is 0 Å². The molecule has 1 saturated heterocycles. The SMILES string of the molecule is CCC[C@@H](O)C1(c2ccccc2)CCOCC1. The van der Waals surface area contributed by atoms with Crippen LogP contribution in [0.15, 0.2) is 30.3 Å². The zero-order valence-electron chi connectivity index (χ0n) is 10.6. The van der Waals surface area contributed by atoms with Crippen molar-refractivity contribution in [2.24, 2.45) is 0 Å². The first-order valence-corrected chi connectivity index (χ1v) is 6.61. The van der Waals surface area contributed by atoms with Crippen LogP contribution in [0.25, 0.3) is 0 Å². The average molecular weight is 234 g/mol. The molecule has 1 N–H and O–H groups in total. The summed E-state index contributed by atoms with van der Waals surface area (Å²) in [6.45, 7) is 3.65. The molecule has 0 aromatic heterocycles. The Balaban J connectivity index is 2.29. The van der Waals surface area contributed by atoms with Gasteiger partial charge >= 0.3 is 0 Å². The summed E-state index contributed by atoms with van der Waals surface area (Å²) in [7, 11) is 0. The minimum atomic E-state index is -0.251. The summed E-state index contributed by atoms with van der Waals surface area (Å²) in [5.74, 6) is 0. The van der Waals surface area contributed by atoms with E-state index in [-0.39, 0.29) is 11.5 Å². The number of benzene rings is 1. The lowest BCUT2D eigenvalue weighted by atomic mass is 9.69. The van der Waals surface area contributed by atoms with E-state index >= 15 is 0 Å². The van der Waals surface area contributed by atoms with Crippen LogP contribution >= 0.6 is 0 Å². The van der Waals surface area contributed by atoms with Gasteiger partial charge in [0.25, 0.3) is 0 Å². The zero-order chi connectivity index (χ0) is 12.1. The van der Waals surface area contributed by atoms with E-state index < -0.39 is 0 Å². The quantitative estimate of drug-likeness (QED) is 0.868. The zero-order valence-corrected chi connectivity index (χ0v) is 10.6. The fourth-order valence-corrected chi connectivity index (χ4v) is 2.87. The summed E-state index contributed by atoms with van der Waals surface area (Å²) >= 11 is 0. The van der Waals surface area contributed by atoms with Gasteiger partial charge in [0.15, 0.2) is 0 Å². The molecule has 17 heavy (non-hydrogen) atoms. The third-order valence-electron chi connectivity index (χ3n) is 3.93. The lowest BCUT2D eigenvalue weighted by molar-refractivity contribution is -0.0190. The molecule has 2 nitrogen and oxygen atoms in total. The molecule has 0 unspecified atom stereocenters. The molecule has 0 saturated carbocycles. The summed E-state index contributed by atoms with van der Waals surface area (Å²) in [6, 6.07) is 10.4. The van der Waals surface area contributed by atoms with Crippen LogP contribution in [0.2, 0.25) is 0 Å². The van der Waals surface area contributed by atoms with E-state index in [9.17, 15) is 5.11 Å². The van der Waals surface area contributed by atoms with Gasteiger partial charge in [0.05, 0.1) is 6.10 Å². The summed E-state index contributed by atoms with van der Waals surface area (Å²) < 4.78 is 5.46. The fraction of sp³-hybridized carbons (Fsp3) is 0.600. The number of rotatable bonds is 4. The Hall–Kier alpha value is -0.860. The van der Waals surface area contributed by atoms with Gasteiger partial charge in [0.1, 0.15) is 0 Å². The summed E-state index contributed by atoms with van der Waals surface area (Å²) in [4.78, 5) is 0. The monoisotopic (exact) mass is 234 g/mol. The van der Waals surface area contributed by atoms with E-state index in [1.165, 1.54) is 5.56 Å². The second-order valence-corrected chi connectivity index (χ2v) is 4.94. The topological polar surface area (TPSA) is 29.5 Å². The first-order valence-electron chi connectivity index (χ1n) is 6.61. The molecule has 0 bridgehead atoms. The highest BCUT2D eigenvalue weighted by atomic mass is 16.5. The highest BCUT2D eigenvalue weighted by Gasteiger charge is 2.40. The molecule has 0 radical (unpaired) electrons. The molecule has 1 aromatic rings. The van der Waals surface area contributed by atoms with Crippen molar-refractivity contribution in [3.8, 4) is 0 Å².